The van der Waals surface area contributed by atoms with Gasteiger partial charge in [-0.2, -0.15) is 5.10 Å². The molecule has 11 heteroatoms. The van der Waals surface area contributed by atoms with Gasteiger partial charge >= 0.3 is 0 Å². The van der Waals surface area contributed by atoms with Crippen molar-refractivity contribution in [2.24, 2.45) is 5.92 Å². The highest BCUT2D eigenvalue weighted by Gasteiger charge is 2.32. The summed E-state index contributed by atoms with van der Waals surface area (Å²) in [4.78, 5) is 27.0. The minimum atomic E-state index is -2.33. The van der Waals surface area contributed by atoms with Crippen molar-refractivity contribution in [2.75, 3.05) is 23.3 Å². The average molecular weight is 431 g/mol. The van der Waals surface area contributed by atoms with E-state index in [1.54, 1.807) is 22.7 Å². The number of hydrogen-bond acceptors (Lipinski definition) is 6. The lowest BCUT2D eigenvalue weighted by Crippen LogP contribution is -2.48. The van der Waals surface area contributed by atoms with Crippen LogP contribution in [0.15, 0.2) is 35.5 Å². The second kappa shape index (κ2) is 8.40. The summed E-state index contributed by atoms with van der Waals surface area (Å²) >= 11 is 0. The maximum Gasteiger partial charge on any atom is 0.269 e. The van der Waals surface area contributed by atoms with Gasteiger partial charge in [0.2, 0.25) is 12.3 Å². The zero-order valence-corrected chi connectivity index (χ0v) is 17.2. The van der Waals surface area contributed by atoms with E-state index in [-0.39, 0.29) is 24.8 Å². The van der Waals surface area contributed by atoms with Crippen LogP contribution >= 0.6 is 0 Å². The van der Waals surface area contributed by atoms with Crippen LogP contribution < -0.4 is 15.8 Å². The molecule has 0 saturated carbocycles. The Morgan fingerprint density at radius 1 is 1.29 bits per heavy atom. The molecule has 0 aromatic carbocycles. The molecule has 4 rings (SSSR count). The predicted molar refractivity (Wildman–Crippen MR) is 111 cm³/mol. The first-order valence-corrected chi connectivity index (χ1v) is 10.0. The number of fused-ring (bicyclic) bond motifs is 1. The number of nitrogens with one attached hydrogen (secondary N) is 1. The van der Waals surface area contributed by atoms with E-state index < -0.39 is 17.9 Å². The number of amides is 1. The lowest BCUT2D eigenvalue weighted by Gasteiger charge is -2.42. The maximum atomic E-state index is 12.6. The van der Waals surface area contributed by atoms with Crippen molar-refractivity contribution in [2.45, 2.75) is 39.2 Å². The molecule has 4 heterocycles. The minimum Gasteiger partial charge on any atom is -0.369 e. The summed E-state index contributed by atoms with van der Waals surface area (Å²) in [7, 11) is 0. The van der Waals surface area contributed by atoms with Gasteiger partial charge in [0, 0.05) is 31.8 Å². The number of rotatable bonds is 7. The Bertz CT molecular complexity index is 1150. The third-order valence-corrected chi connectivity index (χ3v) is 5.23. The molecule has 1 aliphatic rings. The van der Waals surface area contributed by atoms with Gasteiger partial charge in [-0.05, 0) is 24.0 Å². The zero-order chi connectivity index (χ0) is 22.1. The van der Waals surface area contributed by atoms with E-state index in [4.69, 9.17) is 0 Å². The van der Waals surface area contributed by atoms with E-state index in [0.29, 0.717) is 35.8 Å². The SMILES string of the molecule is CC(C)c1nn(CC(=O)Nc2ccc3nncn3c2)c(=O)cc1N1CC(CC(F)F)C1. The van der Waals surface area contributed by atoms with Crippen molar-refractivity contribution in [3.8, 4) is 0 Å². The fourth-order valence-electron chi connectivity index (χ4n) is 3.68. The van der Waals surface area contributed by atoms with Crippen LogP contribution in [0.5, 0.6) is 0 Å². The Balaban J connectivity index is 1.48. The highest BCUT2D eigenvalue weighted by Crippen LogP contribution is 2.32. The van der Waals surface area contributed by atoms with Crippen LogP contribution in [-0.2, 0) is 11.3 Å². The van der Waals surface area contributed by atoms with E-state index in [1.165, 1.54) is 12.4 Å². The number of carbonyl (C=O) groups is 1. The smallest absolute Gasteiger partial charge is 0.269 e. The summed E-state index contributed by atoms with van der Waals surface area (Å²) in [5.41, 5.74) is 2.08. The molecule has 1 fully saturated rings. The van der Waals surface area contributed by atoms with Crippen LogP contribution in [0.2, 0.25) is 0 Å². The molecule has 0 bridgehead atoms. The topological polar surface area (TPSA) is 97.4 Å². The standard InChI is InChI=1S/C20H23F2N7O2/c1-12(2)20-15(27-7-13(8-27)5-16(21)22)6-19(31)29(26-20)10-18(30)24-14-3-4-17-25-23-11-28(17)9-14/h3-4,6,9,11-13,16H,5,7-8,10H2,1-2H3,(H,24,30). The van der Waals surface area contributed by atoms with Crippen molar-refractivity contribution >= 4 is 22.9 Å². The molecule has 9 nitrogen and oxygen atoms in total. The fraction of sp³-hybridized carbons (Fsp3) is 0.450. The van der Waals surface area contributed by atoms with Gasteiger partial charge in [-0.3, -0.25) is 14.0 Å². The zero-order valence-electron chi connectivity index (χ0n) is 17.2. The molecule has 1 amide bonds. The van der Waals surface area contributed by atoms with Gasteiger partial charge in [-0.25, -0.2) is 13.5 Å². The molecular formula is C20H23F2N7O2. The van der Waals surface area contributed by atoms with Gasteiger partial charge in [0.15, 0.2) is 5.65 Å². The van der Waals surface area contributed by atoms with E-state index in [0.717, 1.165) is 4.68 Å². The molecule has 0 aliphatic carbocycles. The second-order valence-corrected chi connectivity index (χ2v) is 8.03. The molecule has 0 radical (unpaired) electrons. The van der Waals surface area contributed by atoms with E-state index >= 15 is 0 Å². The molecule has 1 N–H and O–H groups in total. The van der Waals surface area contributed by atoms with Crippen LogP contribution in [0.4, 0.5) is 20.2 Å². The predicted octanol–water partition coefficient (Wildman–Crippen LogP) is 2.14. The second-order valence-electron chi connectivity index (χ2n) is 8.03. The van der Waals surface area contributed by atoms with Crippen molar-refractivity contribution in [1.29, 1.82) is 0 Å². The number of anilines is 2. The van der Waals surface area contributed by atoms with Gasteiger partial charge in [0.25, 0.3) is 5.56 Å². The van der Waals surface area contributed by atoms with Crippen LogP contribution in [0.3, 0.4) is 0 Å². The van der Waals surface area contributed by atoms with Gasteiger partial charge in [0.05, 0.1) is 17.1 Å². The first-order chi connectivity index (χ1) is 14.8. The van der Waals surface area contributed by atoms with E-state index in [9.17, 15) is 18.4 Å². The van der Waals surface area contributed by atoms with Crippen molar-refractivity contribution in [3.63, 3.8) is 0 Å². The van der Waals surface area contributed by atoms with Crippen molar-refractivity contribution in [1.82, 2.24) is 24.4 Å². The van der Waals surface area contributed by atoms with Gasteiger partial charge in [-0.1, -0.05) is 13.8 Å². The Morgan fingerprint density at radius 2 is 2.06 bits per heavy atom. The van der Waals surface area contributed by atoms with E-state index in [1.807, 2.05) is 18.7 Å². The number of pyridine rings is 1. The van der Waals surface area contributed by atoms with Crippen LogP contribution in [-0.4, -0.2) is 49.8 Å². The Kier molecular flexibility index (Phi) is 5.66. The first-order valence-electron chi connectivity index (χ1n) is 10.0. The molecule has 0 unspecified atom stereocenters. The van der Waals surface area contributed by atoms with Gasteiger partial charge < -0.3 is 10.2 Å². The fourth-order valence-corrected chi connectivity index (χ4v) is 3.68. The summed E-state index contributed by atoms with van der Waals surface area (Å²) in [6, 6.07) is 4.85. The Hall–Kier alpha value is -3.37. The van der Waals surface area contributed by atoms with Crippen LogP contribution in [0.1, 0.15) is 31.9 Å². The summed E-state index contributed by atoms with van der Waals surface area (Å²) in [5, 5.41) is 14.8. The van der Waals surface area contributed by atoms with E-state index in [2.05, 4.69) is 20.6 Å². The Morgan fingerprint density at radius 3 is 2.77 bits per heavy atom. The van der Waals surface area contributed by atoms with Crippen LogP contribution in [0, 0.1) is 5.92 Å². The normalized spacial score (nSPS) is 14.5. The lowest BCUT2D eigenvalue weighted by atomic mass is 9.94. The largest absolute Gasteiger partial charge is 0.369 e. The molecule has 3 aromatic heterocycles. The summed E-state index contributed by atoms with van der Waals surface area (Å²) in [6.45, 7) is 4.58. The number of halogens is 2. The molecular weight excluding hydrogens is 408 g/mol. The summed E-state index contributed by atoms with van der Waals surface area (Å²) < 4.78 is 27.9. The summed E-state index contributed by atoms with van der Waals surface area (Å²) in [5.74, 6) is -0.489. The third kappa shape index (κ3) is 4.54. The van der Waals surface area contributed by atoms with Crippen molar-refractivity contribution < 1.29 is 13.6 Å². The monoisotopic (exact) mass is 431 g/mol. The highest BCUT2D eigenvalue weighted by molar-refractivity contribution is 5.90. The number of carbonyl (C=O) groups excluding carboxylic acids is 1. The molecule has 0 atom stereocenters. The van der Waals surface area contributed by atoms with Crippen molar-refractivity contribution in [3.05, 3.63) is 46.8 Å². The van der Waals surface area contributed by atoms with Gasteiger partial charge in [-0.15, -0.1) is 10.2 Å². The third-order valence-electron chi connectivity index (χ3n) is 5.23. The number of nitrogens with zero attached hydrogens (tertiary/aromatic N) is 6. The minimum absolute atomic E-state index is 0.00444. The molecule has 1 saturated heterocycles. The van der Waals surface area contributed by atoms with Gasteiger partial charge in [0.1, 0.15) is 12.9 Å². The molecule has 164 valence electrons. The summed E-state index contributed by atoms with van der Waals surface area (Å²) in [6.07, 6.45) is 0.726. The highest BCUT2D eigenvalue weighted by atomic mass is 19.3. The first kappa shape index (κ1) is 20.9. The Labute approximate surface area is 176 Å². The molecule has 31 heavy (non-hydrogen) atoms. The maximum absolute atomic E-state index is 12.6. The number of hydrogen-bond donors (Lipinski definition) is 1. The molecule has 1 aliphatic heterocycles. The molecule has 3 aromatic rings. The number of alkyl halides is 2. The number of aromatic nitrogens is 5. The quantitative estimate of drug-likeness (QED) is 0.616. The lowest BCUT2D eigenvalue weighted by molar-refractivity contribution is -0.117. The van der Waals surface area contributed by atoms with Crippen LogP contribution in [0.25, 0.3) is 5.65 Å². The average Bonchev–Trinajstić information content (AvgIpc) is 3.13. The molecule has 0 spiro atoms.